The fraction of sp³-hybridized carbons (Fsp3) is 0.172. The van der Waals surface area contributed by atoms with Gasteiger partial charge >= 0.3 is 0 Å². The molecule has 0 aliphatic heterocycles. The molecule has 1 nitrogen and oxygen atoms in total. The minimum absolute atomic E-state index is 0.908. The number of fused-ring (bicyclic) bond motifs is 7. The highest BCUT2D eigenvalue weighted by molar-refractivity contribution is 6.11. The summed E-state index contributed by atoms with van der Waals surface area (Å²) in [4.78, 5) is 0. The van der Waals surface area contributed by atoms with Gasteiger partial charge in [0.15, 0.2) is 0 Å². The van der Waals surface area contributed by atoms with Crippen molar-refractivity contribution in [1.82, 2.24) is 4.57 Å². The molecular weight excluding hydrogens is 362 g/mol. The molecule has 1 heterocycles. The predicted octanol–water partition coefficient (Wildman–Crippen LogP) is 7.28. The Hall–Kier alpha value is -3.32. The third-order valence-electron chi connectivity index (χ3n) is 6.66. The molecule has 0 fully saturated rings. The number of benzene rings is 4. The molecule has 0 radical (unpaired) electrons. The summed E-state index contributed by atoms with van der Waals surface area (Å²) in [6.07, 6.45) is 2.10. The molecule has 0 unspecified atom stereocenters. The zero-order valence-electron chi connectivity index (χ0n) is 17.6. The second-order valence-electron chi connectivity index (χ2n) is 8.61. The van der Waals surface area contributed by atoms with Crippen molar-refractivity contribution in [3.8, 4) is 11.1 Å². The van der Waals surface area contributed by atoms with E-state index in [0.29, 0.717) is 0 Å². The average Bonchev–Trinajstić information content (AvgIpc) is 3.29. The Bertz CT molecular complexity index is 1430. The molecule has 5 aromatic rings. The van der Waals surface area contributed by atoms with Crippen LogP contribution in [0.2, 0.25) is 0 Å². The molecule has 1 aliphatic carbocycles. The lowest BCUT2D eigenvalue weighted by Gasteiger charge is -2.13. The molecule has 1 heteroatoms. The van der Waals surface area contributed by atoms with Crippen LogP contribution in [0.4, 0.5) is 0 Å². The van der Waals surface area contributed by atoms with Crippen LogP contribution in [0.15, 0.2) is 78.9 Å². The number of hydrogen-bond donors (Lipinski definition) is 0. The lowest BCUT2D eigenvalue weighted by atomic mass is 10.0. The first-order valence-corrected chi connectivity index (χ1v) is 10.9. The monoisotopic (exact) mass is 387 g/mol. The normalized spacial score (nSPS) is 12.5. The summed E-state index contributed by atoms with van der Waals surface area (Å²) in [5.41, 5.74) is 12.6. The summed E-state index contributed by atoms with van der Waals surface area (Å²) in [6, 6.07) is 29.5. The molecular formula is C29H25N. The first-order valence-electron chi connectivity index (χ1n) is 10.9. The maximum atomic E-state index is 2.56. The molecule has 30 heavy (non-hydrogen) atoms. The van der Waals surface area contributed by atoms with E-state index in [9.17, 15) is 0 Å². The third-order valence-corrected chi connectivity index (χ3v) is 6.66. The van der Waals surface area contributed by atoms with Crippen LogP contribution in [0, 0.1) is 6.92 Å². The van der Waals surface area contributed by atoms with Gasteiger partial charge in [-0.1, -0.05) is 85.3 Å². The van der Waals surface area contributed by atoms with Crippen LogP contribution in [0.5, 0.6) is 0 Å². The van der Waals surface area contributed by atoms with Gasteiger partial charge in [0.1, 0.15) is 0 Å². The number of aromatic nitrogens is 1. The van der Waals surface area contributed by atoms with E-state index in [1.165, 1.54) is 60.8 Å². The Balaban J connectivity index is 1.63. The highest BCUT2D eigenvalue weighted by Crippen LogP contribution is 2.43. The highest BCUT2D eigenvalue weighted by Gasteiger charge is 2.23. The summed E-state index contributed by atoms with van der Waals surface area (Å²) in [6.45, 7) is 5.36. The van der Waals surface area contributed by atoms with Crippen LogP contribution >= 0.6 is 0 Å². The first-order chi connectivity index (χ1) is 14.7. The number of rotatable bonds is 3. The molecule has 0 N–H and O–H groups in total. The van der Waals surface area contributed by atoms with Gasteiger partial charge in [-0.2, -0.15) is 0 Å². The molecule has 1 aromatic heterocycles. The summed E-state index contributed by atoms with van der Waals surface area (Å²) < 4.78 is 2.56. The Kier molecular flexibility index (Phi) is 3.86. The van der Waals surface area contributed by atoms with Gasteiger partial charge in [-0.15, -0.1) is 0 Å². The number of aryl methyl sites for hydroxylation is 2. The lowest BCUT2D eigenvalue weighted by Crippen LogP contribution is -2.02. The summed E-state index contributed by atoms with van der Waals surface area (Å²) >= 11 is 0. The second-order valence-corrected chi connectivity index (χ2v) is 8.61. The van der Waals surface area contributed by atoms with Crippen LogP contribution in [-0.4, -0.2) is 4.57 Å². The molecule has 0 bridgehead atoms. The standard InChI is InChI=1S/C29H25N/c1-3-20-14-19(2)15-21(16-20)18-30-28-11-7-6-10-25(28)26-13-12-24-23-9-5-4-8-22(23)17-27(24)29(26)30/h4-16H,3,17-18H2,1-2H3. The summed E-state index contributed by atoms with van der Waals surface area (Å²) in [5, 5.41) is 2.73. The quantitative estimate of drug-likeness (QED) is 0.300. The average molecular weight is 388 g/mol. The maximum Gasteiger partial charge on any atom is 0.0536 e. The van der Waals surface area contributed by atoms with Crippen molar-refractivity contribution in [1.29, 1.82) is 0 Å². The minimum Gasteiger partial charge on any atom is -0.336 e. The molecule has 4 aromatic carbocycles. The third kappa shape index (κ3) is 2.55. The van der Waals surface area contributed by atoms with Crippen molar-refractivity contribution in [2.24, 2.45) is 0 Å². The van der Waals surface area contributed by atoms with Crippen molar-refractivity contribution in [3.05, 3.63) is 107 Å². The van der Waals surface area contributed by atoms with Crippen molar-refractivity contribution in [2.75, 3.05) is 0 Å². The topological polar surface area (TPSA) is 4.93 Å². The van der Waals surface area contributed by atoms with E-state index in [1.807, 2.05) is 0 Å². The molecule has 0 amide bonds. The lowest BCUT2D eigenvalue weighted by molar-refractivity contribution is 0.860. The van der Waals surface area contributed by atoms with Crippen molar-refractivity contribution < 1.29 is 0 Å². The van der Waals surface area contributed by atoms with E-state index >= 15 is 0 Å². The summed E-state index contributed by atoms with van der Waals surface area (Å²) in [7, 11) is 0. The Labute approximate surface area is 177 Å². The maximum absolute atomic E-state index is 2.56. The largest absolute Gasteiger partial charge is 0.336 e. The predicted molar refractivity (Wildman–Crippen MR) is 127 cm³/mol. The van der Waals surface area contributed by atoms with E-state index in [-0.39, 0.29) is 0 Å². The van der Waals surface area contributed by atoms with E-state index in [4.69, 9.17) is 0 Å². The Morgan fingerprint density at radius 3 is 2.47 bits per heavy atom. The van der Waals surface area contributed by atoms with Gasteiger partial charge < -0.3 is 4.57 Å². The minimum atomic E-state index is 0.908. The first kappa shape index (κ1) is 17.5. The molecule has 0 atom stereocenters. The van der Waals surface area contributed by atoms with Gasteiger partial charge in [-0.25, -0.2) is 0 Å². The van der Waals surface area contributed by atoms with Crippen LogP contribution in [-0.2, 0) is 19.4 Å². The van der Waals surface area contributed by atoms with E-state index in [0.717, 1.165) is 19.4 Å². The van der Waals surface area contributed by atoms with Gasteiger partial charge in [0, 0.05) is 29.3 Å². The molecule has 0 spiro atoms. The zero-order chi connectivity index (χ0) is 20.2. The Morgan fingerprint density at radius 2 is 1.57 bits per heavy atom. The smallest absolute Gasteiger partial charge is 0.0536 e. The highest BCUT2D eigenvalue weighted by atomic mass is 15.0. The zero-order valence-corrected chi connectivity index (χ0v) is 17.6. The fourth-order valence-electron chi connectivity index (χ4n) is 5.37. The van der Waals surface area contributed by atoms with Crippen LogP contribution in [0.25, 0.3) is 32.9 Å². The van der Waals surface area contributed by atoms with Crippen molar-refractivity contribution >= 4 is 21.8 Å². The molecule has 0 saturated heterocycles. The number of nitrogens with zero attached hydrogens (tertiary/aromatic N) is 1. The Morgan fingerprint density at radius 1 is 0.767 bits per heavy atom. The number of para-hydroxylation sites is 1. The van der Waals surface area contributed by atoms with Gasteiger partial charge in [-0.3, -0.25) is 0 Å². The molecule has 0 saturated carbocycles. The van der Waals surface area contributed by atoms with E-state index in [2.05, 4.69) is 97.3 Å². The van der Waals surface area contributed by atoms with E-state index < -0.39 is 0 Å². The second kappa shape index (κ2) is 6.60. The van der Waals surface area contributed by atoms with Crippen LogP contribution in [0.1, 0.15) is 34.7 Å². The fourth-order valence-corrected chi connectivity index (χ4v) is 5.37. The summed E-state index contributed by atoms with van der Waals surface area (Å²) in [5.74, 6) is 0. The van der Waals surface area contributed by atoms with Crippen LogP contribution in [0.3, 0.4) is 0 Å². The molecule has 146 valence electrons. The van der Waals surface area contributed by atoms with Gasteiger partial charge in [0.05, 0.1) is 5.52 Å². The SMILES string of the molecule is CCc1cc(C)cc(Cn2c3ccccc3c3ccc4c(c32)Cc2ccccc2-4)c1. The number of hydrogen-bond acceptors (Lipinski definition) is 0. The van der Waals surface area contributed by atoms with Crippen molar-refractivity contribution in [2.45, 2.75) is 33.2 Å². The van der Waals surface area contributed by atoms with Gasteiger partial charge in [-0.05, 0) is 52.8 Å². The van der Waals surface area contributed by atoms with Crippen molar-refractivity contribution in [3.63, 3.8) is 0 Å². The van der Waals surface area contributed by atoms with Gasteiger partial charge in [0.25, 0.3) is 0 Å². The molecule has 1 aliphatic rings. The van der Waals surface area contributed by atoms with Gasteiger partial charge in [0.2, 0.25) is 0 Å². The molecule has 6 rings (SSSR count). The van der Waals surface area contributed by atoms with Crippen LogP contribution < -0.4 is 0 Å². The van der Waals surface area contributed by atoms with E-state index in [1.54, 1.807) is 0 Å².